The zero-order valence-electron chi connectivity index (χ0n) is 13.7. The van der Waals surface area contributed by atoms with E-state index in [-0.39, 0.29) is 9.92 Å². The number of anilines is 1. The summed E-state index contributed by atoms with van der Waals surface area (Å²) in [5.74, 6) is 1.51. The molecule has 4 nitrogen and oxygen atoms in total. The molecule has 8 heteroatoms. The maximum absolute atomic E-state index is 12.9. The van der Waals surface area contributed by atoms with Crippen molar-refractivity contribution in [3.05, 3.63) is 56.8 Å². The van der Waals surface area contributed by atoms with E-state index in [0.717, 1.165) is 22.0 Å². The third kappa shape index (κ3) is 3.58. The number of sulfonamides is 1. The number of thiophene rings is 1. The highest BCUT2D eigenvalue weighted by Gasteiger charge is 2.24. The van der Waals surface area contributed by atoms with Gasteiger partial charge in [0.15, 0.2) is 0 Å². The predicted octanol–water partition coefficient (Wildman–Crippen LogP) is 6.04. The molecule has 0 aliphatic rings. The molecule has 0 saturated carbocycles. The largest absolute Gasteiger partial charge is 0.466 e. The molecular weight excluding hydrogens is 401 g/mol. The van der Waals surface area contributed by atoms with Gasteiger partial charge >= 0.3 is 0 Å². The van der Waals surface area contributed by atoms with Crippen molar-refractivity contribution in [2.45, 2.75) is 25.7 Å². The molecule has 25 heavy (non-hydrogen) atoms. The molecule has 0 unspecified atom stereocenters. The van der Waals surface area contributed by atoms with Gasteiger partial charge in [0.25, 0.3) is 10.0 Å². The van der Waals surface area contributed by atoms with Gasteiger partial charge in [-0.3, -0.25) is 4.72 Å². The van der Waals surface area contributed by atoms with Gasteiger partial charge in [0.2, 0.25) is 0 Å². The summed E-state index contributed by atoms with van der Waals surface area (Å²) in [7, 11) is -3.86. The second-order valence-corrected chi connectivity index (χ2v) is 9.01. The second-order valence-electron chi connectivity index (χ2n) is 5.63. The number of furan rings is 1. The van der Waals surface area contributed by atoms with Crippen LogP contribution in [0.5, 0.6) is 0 Å². The molecule has 3 aromatic rings. The first-order chi connectivity index (χ1) is 11.7. The van der Waals surface area contributed by atoms with Crippen molar-refractivity contribution < 1.29 is 12.8 Å². The fourth-order valence-corrected chi connectivity index (χ4v) is 5.92. The van der Waals surface area contributed by atoms with Crippen molar-refractivity contribution in [1.29, 1.82) is 0 Å². The van der Waals surface area contributed by atoms with Gasteiger partial charge in [-0.05, 0) is 56.0 Å². The van der Waals surface area contributed by atoms with E-state index in [0.29, 0.717) is 16.3 Å². The maximum atomic E-state index is 12.9. The Kier molecular flexibility index (Phi) is 4.90. The molecular formula is C17H15Cl2NO3S2. The minimum atomic E-state index is -3.86. The molecule has 2 aromatic heterocycles. The Morgan fingerprint density at radius 1 is 1.12 bits per heavy atom. The minimum Gasteiger partial charge on any atom is -0.466 e. The van der Waals surface area contributed by atoms with Gasteiger partial charge in [0, 0.05) is 10.6 Å². The first-order valence-electron chi connectivity index (χ1n) is 7.32. The highest BCUT2D eigenvalue weighted by Crippen LogP contribution is 2.39. The van der Waals surface area contributed by atoms with Crippen LogP contribution in [0, 0.1) is 20.8 Å². The first kappa shape index (κ1) is 18.3. The predicted molar refractivity (Wildman–Crippen MR) is 104 cm³/mol. The van der Waals surface area contributed by atoms with Crippen LogP contribution in [-0.2, 0) is 10.0 Å². The Balaban J connectivity index is 2.04. The fraction of sp³-hybridized carbons (Fsp3) is 0.176. The zero-order chi connectivity index (χ0) is 18.4. The Bertz CT molecular complexity index is 1030. The summed E-state index contributed by atoms with van der Waals surface area (Å²) in [6.07, 6.45) is 0. The van der Waals surface area contributed by atoms with Crippen LogP contribution in [0.4, 0.5) is 5.69 Å². The van der Waals surface area contributed by atoms with E-state index >= 15 is 0 Å². The third-order valence-corrected chi connectivity index (χ3v) is 6.80. The maximum Gasteiger partial charge on any atom is 0.263 e. The Hall–Kier alpha value is -1.47. The molecule has 2 heterocycles. The first-order valence-corrected chi connectivity index (χ1v) is 10.4. The molecule has 0 fully saturated rings. The summed E-state index contributed by atoms with van der Waals surface area (Å²) < 4.78 is 33.9. The number of hydrogen-bond donors (Lipinski definition) is 1. The molecule has 3 rings (SSSR count). The summed E-state index contributed by atoms with van der Waals surface area (Å²) in [6, 6.07) is 6.60. The lowest BCUT2D eigenvalue weighted by Crippen LogP contribution is -2.15. The van der Waals surface area contributed by atoms with Gasteiger partial charge in [-0.15, -0.1) is 11.3 Å². The van der Waals surface area contributed by atoms with E-state index in [4.69, 9.17) is 27.6 Å². The van der Waals surface area contributed by atoms with E-state index < -0.39 is 10.0 Å². The lowest BCUT2D eigenvalue weighted by Gasteiger charge is -2.13. The number of aryl methyl sites for hydroxylation is 3. The average Bonchev–Trinajstić information content (AvgIpc) is 3.02. The number of benzene rings is 1. The molecule has 132 valence electrons. The molecule has 0 atom stereocenters. The molecule has 1 aromatic carbocycles. The van der Waals surface area contributed by atoms with Crippen LogP contribution < -0.4 is 4.72 Å². The fourth-order valence-electron chi connectivity index (χ4n) is 2.68. The van der Waals surface area contributed by atoms with Crippen LogP contribution in [0.25, 0.3) is 10.4 Å². The van der Waals surface area contributed by atoms with Gasteiger partial charge < -0.3 is 4.42 Å². The lowest BCUT2D eigenvalue weighted by atomic mass is 10.2. The summed E-state index contributed by atoms with van der Waals surface area (Å²) >= 11 is 13.5. The van der Waals surface area contributed by atoms with Crippen molar-refractivity contribution in [2.24, 2.45) is 0 Å². The van der Waals surface area contributed by atoms with Gasteiger partial charge in [-0.25, -0.2) is 8.42 Å². The summed E-state index contributed by atoms with van der Waals surface area (Å²) in [5, 5.41) is 2.30. The normalized spacial score (nSPS) is 11.7. The Morgan fingerprint density at radius 2 is 1.84 bits per heavy atom. The second kappa shape index (κ2) is 6.68. The quantitative estimate of drug-likeness (QED) is 0.564. The van der Waals surface area contributed by atoms with Gasteiger partial charge in [0.05, 0.1) is 15.6 Å². The summed E-state index contributed by atoms with van der Waals surface area (Å²) in [5.41, 5.74) is 1.83. The van der Waals surface area contributed by atoms with E-state index in [1.807, 2.05) is 25.3 Å². The molecule has 0 saturated heterocycles. The number of hydrogen-bond acceptors (Lipinski definition) is 4. The SMILES string of the molecule is Cc1cc(-c2sccc2NS(=O)(=O)c2c(C)cc(Cl)cc2Cl)c(C)o1. The van der Waals surface area contributed by atoms with Gasteiger partial charge in [-0.1, -0.05) is 23.2 Å². The monoisotopic (exact) mass is 415 g/mol. The van der Waals surface area contributed by atoms with Crippen LogP contribution in [-0.4, -0.2) is 8.42 Å². The van der Waals surface area contributed by atoms with Crippen LogP contribution in [0.2, 0.25) is 10.0 Å². The molecule has 1 N–H and O–H groups in total. The van der Waals surface area contributed by atoms with Crippen LogP contribution >= 0.6 is 34.5 Å². The lowest BCUT2D eigenvalue weighted by molar-refractivity contribution is 0.505. The highest BCUT2D eigenvalue weighted by atomic mass is 35.5. The van der Waals surface area contributed by atoms with Gasteiger partial charge in [0.1, 0.15) is 16.4 Å². The average molecular weight is 416 g/mol. The van der Waals surface area contributed by atoms with E-state index in [1.54, 1.807) is 19.1 Å². The van der Waals surface area contributed by atoms with Gasteiger partial charge in [-0.2, -0.15) is 0 Å². The standard InChI is InChI=1S/C17H15Cl2NO3S2/c1-9-6-12(18)8-14(19)17(9)25(21,22)20-15-4-5-24-16(15)13-7-10(2)23-11(13)3/h4-8,20H,1-3H3. The van der Waals surface area contributed by atoms with Crippen LogP contribution in [0.1, 0.15) is 17.1 Å². The van der Waals surface area contributed by atoms with E-state index in [2.05, 4.69) is 4.72 Å². The molecule has 0 radical (unpaired) electrons. The van der Waals surface area contributed by atoms with Crippen molar-refractivity contribution in [3.63, 3.8) is 0 Å². The smallest absolute Gasteiger partial charge is 0.263 e. The Labute approximate surface area is 160 Å². The summed E-state index contributed by atoms with van der Waals surface area (Å²) in [6.45, 7) is 5.36. The van der Waals surface area contributed by atoms with Crippen molar-refractivity contribution in [1.82, 2.24) is 0 Å². The zero-order valence-corrected chi connectivity index (χ0v) is 16.8. The number of nitrogens with one attached hydrogen (secondary N) is 1. The van der Waals surface area contributed by atoms with Crippen molar-refractivity contribution in [3.8, 4) is 10.4 Å². The number of rotatable bonds is 4. The van der Waals surface area contributed by atoms with E-state index in [9.17, 15) is 8.42 Å². The van der Waals surface area contributed by atoms with Crippen LogP contribution in [0.15, 0.2) is 39.0 Å². The Morgan fingerprint density at radius 3 is 2.44 bits per heavy atom. The highest BCUT2D eigenvalue weighted by molar-refractivity contribution is 7.93. The molecule has 0 amide bonds. The third-order valence-electron chi connectivity index (χ3n) is 3.66. The van der Waals surface area contributed by atoms with Crippen LogP contribution in [0.3, 0.4) is 0 Å². The molecule has 0 bridgehead atoms. The van der Waals surface area contributed by atoms with E-state index in [1.165, 1.54) is 17.4 Å². The minimum absolute atomic E-state index is 0.0239. The molecule has 0 aliphatic carbocycles. The molecule has 0 spiro atoms. The molecule has 0 aliphatic heterocycles. The van der Waals surface area contributed by atoms with Crippen molar-refractivity contribution in [2.75, 3.05) is 4.72 Å². The van der Waals surface area contributed by atoms with Crippen molar-refractivity contribution >= 4 is 50.2 Å². The summed E-state index contributed by atoms with van der Waals surface area (Å²) in [4.78, 5) is 0.816. The topological polar surface area (TPSA) is 59.3 Å². The number of halogens is 2.